The van der Waals surface area contributed by atoms with Gasteiger partial charge in [-0.3, -0.25) is 4.79 Å². The van der Waals surface area contributed by atoms with Crippen molar-refractivity contribution in [3.05, 3.63) is 71.0 Å². The molecule has 0 radical (unpaired) electrons. The minimum Gasteiger partial charge on any atom is -0.450 e. The number of benzene rings is 2. The quantitative estimate of drug-likeness (QED) is 0.594. The van der Waals surface area contributed by atoms with E-state index >= 15 is 0 Å². The summed E-state index contributed by atoms with van der Waals surface area (Å²) >= 11 is 0. The van der Waals surface area contributed by atoms with E-state index in [4.69, 9.17) is 9.15 Å². The van der Waals surface area contributed by atoms with Crippen molar-refractivity contribution >= 4 is 22.8 Å². The van der Waals surface area contributed by atoms with Crippen LogP contribution in [0.5, 0.6) is 0 Å². The average molecular weight is 387 g/mol. The standard InChI is InChI=1S/C21H19F2NO4/c1-3-24(11-14-5-4-6-15(22)9-14)19(25)12-27-21(26)20-13(2)17-10-16(23)7-8-18(17)28-20/h4-10H,3,11-12H2,1-2H3. The Bertz CT molecular complexity index is 1030. The Hall–Kier alpha value is -3.22. The molecule has 0 bridgehead atoms. The molecule has 0 fully saturated rings. The molecule has 0 aliphatic carbocycles. The normalized spacial score (nSPS) is 10.9. The van der Waals surface area contributed by atoms with E-state index in [0.29, 0.717) is 28.6 Å². The lowest BCUT2D eigenvalue weighted by Gasteiger charge is -2.20. The molecule has 1 heterocycles. The van der Waals surface area contributed by atoms with E-state index in [1.165, 1.54) is 35.2 Å². The number of halogens is 2. The Labute approximate surface area is 160 Å². The maximum absolute atomic E-state index is 13.4. The summed E-state index contributed by atoms with van der Waals surface area (Å²) in [7, 11) is 0. The number of fused-ring (bicyclic) bond motifs is 1. The monoisotopic (exact) mass is 387 g/mol. The van der Waals surface area contributed by atoms with Gasteiger partial charge < -0.3 is 14.1 Å². The number of hydrogen-bond donors (Lipinski definition) is 0. The number of nitrogens with zero attached hydrogens (tertiary/aromatic N) is 1. The molecular weight excluding hydrogens is 368 g/mol. The molecule has 0 saturated heterocycles. The first-order valence-corrected chi connectivity index (χ1v) is 8.77. The van der Waals surface area contributed by atoms with Crippen LogP contribution >= 0.6 is 0 Å². The van der Waals surface area contributed by atoms with Gasteiger partial charge in [0.05, 0.1) is 0 Å². The van der Waals surface area contributed by atoms with Crippen molar-refractivity contribution in [1.82, 2.24) is 4.90 Å². The fourth-order valence-corrected chi connectivity index (χ4v) is 2.90. The lowest BCUT2D eigenvalue weighted by atomic mass is 10.1. The number of carbonyl (C=O) groups is 2. The highest BCUT2D eigenvalue weighted by atomic mass is 19.1. The van der Waals surface area contributed by atoms with Crippen molar-refractivity contribution < 1.29 is 27.5 Å². The maximum atomic E-state index is 13.4. The summed E-state index contributed by atoms with van der Waals surface area (Å²) in [5.74, 6) is -2.11. The molecule has 146 valence electrons. The van der Waals surface area contributed by atoms with E-state index in [1.807, 2.05) is 0 Å². The molecule has 28 heavy (non-hydrogen) atoms. The summed E-state index contributed by atoms with van der Waals surface area (Å²) < 4.78 is 37.2. The van der Waals surface area contributed by atoms with Gasteiger partial charge in [-0.05, 0) is 49.7 Å². The first kappa shape index (κ1) is 19.5. The number of rotatable bonds is 6. The van der Waals surface area contributed by atoms with Crippen LogP contribution in [0.1, 0.15) is 28.6 Å². The van der Waals surface area contributed by atoms with Crippen LogP contribution in [0.3, 0.4) is 0 Å². The molecule has 0 atom stereocenters. The van der Waals surface area contributed by atoms with Crippen LogP contribution < -0.4 is 0 Å². The Kier molecular flexibility index (Phi) is 5.73. The molecule has 0 saturated carbocycles. The molecule has 0 aliphatic heterocycles. The molecule has 0 unspecified atom stereocenters. The predicted octanol–water partition coefficient (Wildman–Crippen LogP) is 4.22. The van der Waals surface area contributed by atoms with Gasteiger partial charge in [0.25, 0.3) is 5.91 Å². The lowest BCUT2D eigenvalue weighted by molar-refractivity contribution is -0.135. The maximum Gasteiger partial charge on any atom is 0.375 e. The molecule has 3 aromatic rings. The highest BCUT2D eigenvalue weighted by Crippen LogP contribution is 2.26. The highest BCUT2D eigenvalue weighted by Gasteiger charge is 2.22. The van der Waals surface area contributed by atoms with Crippen LogP contribution in [-0.2, 0) is 16.1 Å². The topological polar surface area (TPSA) is 59.8 Å². The predicted molar refractivity (Wildman–Crippen MR) is 98.7 cm³/mol. The second-order valence-corrected chi connectivity index (χ2v) is 6.31. The molecule has 7 heteroatoms. The average Bonchev–Trinajstić information content (AvgIpc) is 3.00. The molecular formula is C21H19F2NO4. The van der Waals surface area contributed by atoms with E-state index in [0.717, 1.165) is 0 Å². The molecule has 1 amide bonds. The number of esters is 1. The van der Waals surface area contributed by atoms with Crippen molar-refractivity contribution in [1.29, 1.82) is 0 Å². The van der Waals surface area contributed by atoms with Crippen molar-refractivity contribution in [3.63, 3.8) is 0 Å². The number of ether oxygens (including phenoxy) is 1. The highest BCUT2D eigenvalue weighted by molar-refractivity contribution is 5.96. The van der Waals surface area contributed by atoms with Crippen LogP contribution in [0.2, 0.25) is 0 Å². The summed E-state index contributed by atoms with van der Waals surface area (Å²) in [5, 5.41) is 0.472. The molecule has 3 rings (SSSR count). The largest absolute Gasteiger partial charge is 0.450 e. The van der Waals surface area contributed by atoms with Gasteiger partial charge in [-0.1, -0.05) is 12.1 Å². The SMILES string of the molecule is CCN(Cc1cccc(F)c1)C(=O)COC(=O)c1oc2ccc(F)cc2c1C. The van der Waals surface area contributed by atoms with Crippen molar-refractivity contribution in [2.24, 2.45) is 0 Å². The summed E-state index contributed by atoms with van der Waals surface area (Å²) in [6.07, 6.45) is 0. The summed E-state index contributed by atoms with van der Waals surface area (Å²) in [6, 6.07) is 9.88. The van der Waals surface area contributed by atoms with Crippen LogP contribution in [0, 0.1) is 18.6 Å². The van der Waals surface area contributed by atoms with Gasteiger partial charge in [0.1, 0.15) is 17.2 Å². The Morgan fingerprint density at radius 2 is 1.86 bits per heavy atom. The van der Waals surface area contributed by atoms with Crippen LogP contribution in [0.4, 0.5) is 8.78 Å². The van der Waals surface area contributed by atoms with Gasteiger partial charge in [-0.25, -0.2) is 13.6 Å². The number of amides is 1. The molecule has 0 aliphatic rings. The Balaban J connectivity index is 1.66. The zero-order valence-electron chi connectivity index (χ0n) is 15.5. The van der Waals surface area contributed by atoms with E-state index < -0.39 is 24.3 Å². The second kappa shape index (κ2) is 8.21. The third-order valence-electron chi connectivity index (χ3n) is 4.41. The molecule has 1 aromatic heterocycles. The molecule has 0 N–H and O–H groups in total. The number of hydrogen-bond acceptors (Lipinski definition) is 4. The van der Waals surface area contributed by atoms with Gasteiger partial charge in [-0.2, -0.15) is 0 Å². The summed E-state index contributed by atoms with van der Waals surface area (Å²) in [4.78, 5) is 26.1. The van der Waals surface area contributed by atoms with Gasteiger partial charge in [0.2, 0.25) is 5.76 Å². The molecule has 5 nitrogen and oxygen atoms in total. The van der Waals surface area contributed by atoms with Crippen molar-refractivity contribution in [3.8, 4) is 0 Å². The zero-order valence-corrected chi connectivity index (χ0v) is 15.5. The van der Waals surface area contributed by atoms with Crippen molar-refractivity contribution in [2.45, 2.75) is 20.4 Å². The number of carbonyl (C=O) groups excluding carboxylic acids is 2. The van der Waals surface area contributed by atoms with E-state index in [-0.39, 0.29) is 18.1 Å². The van der Waals surface area contributed by atoms with E-state index in [1.54, 1.807) is 26.0 Å². The Morgan fingerprint density at radius 1 is 1.11 bits per heavy atom. The number of likely N-dealkylation sites (N-methyl/N-ethyl adjacent to an activating group) is 1. The second-order valence-electron chi connectivity index (χ2n) is 6.31. The lowest BCUT2D eigenvalue weighted by Crippen LogP contribution is -2.34. The van der Waals surface area contributed by atoms with E-state index in [2.05, 4.69) is 0 Å². The fourth-order valence-electron chi connectivity index (χ4n) is 2.90. The van der Waals surface area contributed by atoms with Gasteiger partial charge in [-0.15, -0.1) is 0 Å². The first-order valence-electron chi connectivity index (χ1n) is 8.77. The first-order chi connectivity index (χ1) is 13.4. The van der Waals surface area contributed by atoms with Crippen LogP contribution in [0.25, 0.3) is 11.0 Å². The van der Waals surface area contributed by atoms with Gasteiger partial charge in [0, 0.05) is 24.0 Å². The number of aryl methyl sites for hydroxylation is 1. The van der Waals surface area contributed by atoms with Crippen molar-refractivity contribution in [2.75, 3.05) is 13.2 Å². The third kappa shape index (κ3) is 4.19. The minimum absolute atomic E-state index is 0.0680. The van der Waals surface area contributed by atoms with Gasteiger partial charge in [0.15, 0.2) is 6.61 Å². The Morgan fingerprint density at radius 3 is 2.57 bits per heavy atom. The summed E-state index contributed by atoms with van der Waals surface area (Å²) in [6.45, 7) is 3.49. The minimum atomic E-state index is -0.802. The van der Waals surface area contributed by atoms with Gasteiger partial charge >= 0.3 is 5.97 Å². The zero-order chi connectivity index (χ0) is 20.3. The fraction of sp³-hybridized carbons (Fsp3) is 0.238. The smallest absolute Gasteiger partial charge is 0.375 e. The third-order valence-corrected chi connectivity index (χ3v) is 4.41. The van der Waals surface area contributed by atoms with Crippen LogP contribution in [-0.4, -0.2) is 29.9 Å². The molecule has 0 spiro atoms. The number of furan rings is 1. The van der Waals surface area contributed by atoms with Crippen LogP contribution in [0.15, 0.2) is 46.9 Å². The molecule has 2 aromatic carbocycles. The summed E-state index contributed by atoms with van der Waals surface area (Å²) in [5.41, 5.74) is 1.44. The van der Waals surface area contributed by atoms with E-state index in [9.17, 15) is 18.4 Å².